The molecule has 2 atom stereocenters. The second-order valence-electron chi connectivity index (χ2n) is 5.85. The lowest BCUT2D eigenvalue weighted by atomic mass is 10.1. The third-order valence-corrected chi connectivity index (χ3v) is 6.82. The van der Waals surface area contributed by atoms with Gasteiger partial charge in [-0.25, -0.2) is 13.2 Å². The minimum atomic E-state index is -3.64. The van der Waals surface area contributed by atoms with Gasteiger partial charge in [-0.1, -0.05) is 11.6 Å². The minimum absolute atomic E-state index is 0. The van der Waals surface area contributed by atoms with Crippen LogP contribution in [0.4, 0.5) is 0 Å². The number of fused-ring (bicyclic) bond motifs is 2. The third-order valence-electron chi connectivity index (χ3n) is 4.51. The van der Waals surface area contributed by atoms with Crippen LogP contribution < -0.4 is 5.32 Å². The second-order valence-corrected chi connectivity index (χ2v) is 8.10. The van der Waals surface area contributed by atoms with Crippen LogP contribution in [0.15, 0.2) is 23.1 Å². The second kappa shape index (κ2) is 7.58. The van der Waals surface area contributed by atoms with Crippen molar-refractivity contribution in [2.24, 2.45) is 0 Å². The largest absolute Gasteiger partial charge is 0.465 e. The Morgan fingerprint density at radius 3 is 2.67 bits per heavy atom. The molecule has 2 fully saturated rings. The van der Waals surface area contributed by atoms with Gasteiger partial charge in [0, 0.05) is 18.6 Å². The third kappa shape index (κ3) is 3.41. The maximum atomic E-state index is 13.0. The van der Waals surface area contributed by atoms with Crippen LogP contribution in [0, 0.1) is 0 Å². The van der Waals surface area contributed by atoms with E-state index in [0.717, 1.165) is 25.8 Å². The summed E-state index contributed by atoms with van der Waals surface area (Å²) >= 11 is 6.07. The van der Waals surface area contributed by atoms with Crippen molar-refractivity contribution in [2.75, 3.05) is 20.2 Å². The van der Waals surface area contributed by atoms with Gasteiger partial charge < -0.3 is 10.1 Å². The molecule has 0 aliphatic carbocycles. The molecule has 2 aliphatic heterocycles. The molecule has 2 aliphatic rings. The molecule has 0 amide bonds. The molecule has 3 rings (SSSR count). The van der Waals surface area contributed by atoms with Crippen LogP contribution >= 0.6 is 24.0 Å². The number of halogens is 2. The van der Waals surface area contributed by atoms with Crippen LogP contribution in [0.25, 0.3) is 0 Å². The van der Waals surface area contributed by atoms with Crippen molar-refractivity contribution >= 4 is 40.0 Å². The van der Waals surface area contributed by atoms with E-state index in [9.17, 15) is 13.2 Å². The predicted molar refractivity (Wildman–Crippen MR) is 93.4 cm³/mol. The summed E-state index contributed by atoms with van der Waals surface area (Å²) in [5.41, 5.74) is 0.161. The van der Waals surface area contributed by atoms with E-state index < -0.39 is 16.0 Å². The van der Waals surface area contributed by atoms with Gasteiger partial charge in [-0.2, -0.15) is 4.31 Å². The van der Waals surface area contributed by atoms with Crippen molar-refractivity contribution in [2.45, 2.75) is 36.2 Å². The van der Waals surface area contributed by atoms with Crippen molar-refractivity contribution in [3.63, 3.8) is 0 Å². The normalized spacial score (nSPS) is 24.1. The quantitative estimate of drug-likeness (QED) is 0.793. The van der Waals surface area contributed by atoms with Gasteiger partial charge in [0.25, 0.3) is 0 Å². The Morgan fingerprint density at radius 2 is 2.00 bits per heavy atom. The maximum Gasteiger partial charge on any atom is 0.339 e. The average molecular weight is 395 g/mol. The number of rotatable bonds is 3. The van der Waals surface area contributed by atoms with Crippen molar-refractivity contribution < 1.29 is 17.9 Å². The van der Waals surface area contributed by atoms with Crippen LogP contribution in [0.1, 0.15) is 29.6 Å². The topological polar surface area (TPSA) is 75.7 Å². The fourth-order valence-corrected chi connectivity index (χ4v) is 5.63. The molecule has 2 bridgehead atoms. The van der Waals surface area contributed by atoms with Crippen LogP contribution in [-0.2, 0) is 14.8 Å². The number of sulfonamides is 1. The van der Waals surface area contributed by atoms with Gasteiger partial charge in [0.05, 0.1) is 22.6 Å². The zero-order valence-corrected chi connectivity index (χ0v) is 15.6. The highest BCUT2D eigenvalue weighted by molar-refractivity contribution is 7.89. The van der Waals surface area contributed by atoms with E-state index in [1.54, 1.807) is 4.31 Å². The van der Waals surface area contributed by atoms with Gasteiger partial charge in [-0.05, 0) is 44.0 Å². The van der Waals surface area contributed by atoms with Crippen molar-refractivity contribution in [3.05, 3.63) is 28.8 Å². The molecule has 2 unspecified atom stereocenters. The van der Waals surface area contributed by atoms with E-state index in [2.05, 4.69) is 10.1 Å². The monoisotopic (exact) mass is 394 g/mol. The van der Waals surface area contributed by atoms with Crippen molar-refractivity contribution in [1.29, 1.82) is 0 Å². The smallest absolute Gasteiger partial charge is 0.339 e. The molecular weight excluding hydrogens is 375 g/mol. The van der Waals surface area contributed by atoms with E-state index in [1.165, 1.54) is 25.3 Å². The Kier molecular flexibility index (Phi) is 6.14. The van der Waals surface area contributed by atoms with Gasteiger partial charge in [-0.3, -0.25) is 0 Å². The number of hydrogen-bond acceptors (Lipinski definition) is 5. The van der Waals surface area contributed by atoms with Crippen LogP contribution in [0.3, 0.4) is 0 Å². The zero-order valence-electron chi connectivity index (χ0n) is 13.2. The minimum Gasteiger partial charge on any atom is -0.465 e. The summed E-state index contributed by atoms with van der Waals surface area (Å²) in [4.78, 5) is 11.7. The number of hydrogen-bond donors (Lipinski definition) is 1. The highest BCUT2D eigenvalue weighted by Gasteiger charge is 2.43. The van der Waals surface area contributed by atoms with Gasteiger partial charge in [0.15, 0.2) is 0 Å². The molecule has 2 saturated heterocycles. The average Bonchev–Trinajstić information content (AvgIpc) is 2.80. The summed E-state index contributed by atoms with van der Waals surface area (Å²) in [6, 6.07) is 4.16. The van der Waals surface area contributed by atoms with Crippen molar-refractivity contribution in [1.82, 2.24) is 9.62 Å². The lowest BCUT2D eigenvalue weighted by molar-refractivity contribution is 0.0601. The SMILES string of the molecule is COC(=O)c1ccc(S(=O)(=O)N2C3CCNCC2CC3)cc1Cl.Cl. The molecule has 1 aromatic rings. The molecule has 0 aromatic heterocycles. The summed E-state index contributed by atoms with van der Waals surface area (Å²) in [5.74, 6) is -0.585. The molecule has 2 heterocycles. The van der Waals surface area contributed by atoms with Crippen LogP contribution in [0.2, 0.25) is 5.02 Å². The first-order valence-electron chi connectivity index (χ1n) is 7.57. The fraction of sp³-hybridized carbons (Fsp3) is 0.533. The Labute approximate surface area is 153 Å². The molecule has 134 valence electrons. The van der Waals surface area contributed by atoms with Gasteiger partial charge >= 0.3 is 5.97 Å². The number of ether oxygens (including phenoxy) is 1. The van der Waals surface area contributed by atoms with E-state index >= 15 is 0 Å². The molecule has 6 nitrogen and oxygen atoms in total. The number of carbonyl (C=O) groups is 1. The summed E-state index contributed by atoms with van der Waals surface area (Å²) in [6.07, 6.45) is 2.56. The molecular formula is C15H20Cl2N2O4S. The molecule has 0 radical (unpaired) electrons. The maximum absolute atomic E-state index is 13.0. The Morgan fingerprint density at radius 1 is 1.29 bits per heavy atom. The van der Waals surface area contributed by atoms with E-state index in [0.29, 0.717) is 6.54 Å². The number of benzene rings is 1. The lowest BCUT2D eigenvalue weighted by Gasteiger charge is -2.27. The first-order chi connectivity index (χ1) is 10.9. The zero-order chi connectivity index (χ0) is 16.6. The van der Waals surface area contributed by atoms with Gasteiger partial charge in [0.2, 0.25) is 10.0 Å². The first kappa shape index (κ1) is 19.5. The van der Waals surface area contributed by atoms with Gasteiger partial charge in [-0.15, -0.1) is 12.4 Å². The number of nitrogens with one attached hydrogen (secondary N) is 1. The van der Waals surface area contributed by atoms with Crippen LogP contribution in [0.5, 0.6) is 0 Å². The fourth-order valence-electron chi connectivity index (χ4n) is 3.38. The summed E-state index contributed by atoms with van der Waals surface area (Å²) in [7, 11) is -2.38. The van der Waals surface area contributed by atoms with E-state index in [-0.39, 0.29) is 40.0 Å². The molecule has 0 spiro atoms. The van der Waals surface area contributed by atoms with E-state index in [1.807, 2.05) is 0 Å². The molecule has 9 heteroatoms. The highest BCUT2D eigenvalue weighted by Crippen LogP contribution is 2.34. The molecule has 1 N–H and O–H groups in total. The van der Waals surface area contributed by atoms with Crippen molar-refractivity contribution in [3.8, 4) is 0 Å². The lowest BCUT2D eigenvalue weighted by Crippen LogP contribution is -2.42. The summed E-state index contributed by atoms with van der Waals surface area (Å²) in [6.45, 7) is 1.50. The number of esters is 1. The Bertz CT molecular complexity index is 712. The summed E-state index contributed by atoms with van der Waals surface area (Å²) < 4.78 is 32.3. The molecule has 24 heavy (non-hydrogen) atoms. The van der Waals surface area contributed by atoms with Gasteiger partial charge in [0.1, 0.15) is 0 Å². The summed E-state index contributed by atoms with van der Waals surface area (Å²) in [5, 5.41) is 3.36. The number of nitrogens with zero attached hydrogens (tertiary/aromatic N) is 1. The Balaban J connectivity index is 0.00000208. The Hall–Kier alpha value is -0.860. The highest BCUT2D eigenvalue weighted by atomic mass is 35.5. The number of carbonyl (C=O) groups excluding carboxylic acids is 1. The standard InChI is InChI=1S/C15H19ClN2O4S.ClH/c1-22-15(19)13-5-4-12(8-14(13)16)23(20,21)18-10-2-3-11(18)9-17-7-6-10;/h4-5,8,10-11,17H,2-3,6-7,9H2,1H3;1H. The molecule has 0 saturated carbocycles. The predicted octanol–water partition coefficient (Wildman–Crippen LogP) is 2.06. The number of methoxy groups -OCH3 is 1. The molecule has 1 aromatic carbocycles. The first-order valence-corrected chi connectivity index (χ1v) is 9.39. The van der Waals surface area contributed by atoms with E-state index in [4.69, 9.17) is 11.6 Å². The van der Waals surface area contributed by atoms with Crippen LogP contribution in [-0.4, -0.2) is 51.0 Å².